The van der Waals surface area contributed by atoms with Gasteiger partial charge in [0.05, 0.1) is 0 Å². The van der Waals surface area contributed by atoms with Gasteiger partial charge in [-0.1, -0.05) is 0 Å². The van der Waals surface area contributed by atoms with Gasteiger partial charge in [-0.05, 0) is 38.1 Å². The van der Waals surface area contributed by atoms with Crippen LogP contribution in [-0.2, 0) is 4.79 Å². The summed E-state index contributed by atoms with van der Waals surface area (Å²) in [6.07, 6.45) is 4.67. The first kappa shape index (κ1) is 9.53. The van der Waals surface area contributed by atoms with Gasteiger partial charge < -0.3 is 4.79 Å². The second-order valence-electron chi connectivity index (χ2n) is 4.03. The van der Waals surface area contributed by atoms with Gasteiger partial charge in [-0.25, -0.2) is 0 Å². The molecule has 0 bridgehead atoms. The second kappa shape index (κ2) is 4.47. The first-order valence-corrected chi connectivity index (χ1v) is 6.32. The van der Waals surface area contributed by atoms with Crippen LogP contribution in [0.15, 0.2) is 0 Å². The van der Waals surface area contributed by atoms with Crippen LogP contribution < -0.4 is 0 Å². The van der Waals surface area contributed by atoms with Gasteiger partial charge in [0.2, 0.25) is 0 Å². The van der Waals surface area contributed by atoms with E-state index in [0.717, 1.165) is 38.3 Å². The van der Waals surface area contributed by atoms with Crippen LogP contribution in [-0.4, -0.2) is 41.8 Å². The minimum atomic E-state index is 0.352. The topological polar surface area (TPSA) is 20.3 Å². The molecule has 13 heavy (non-hydrogen) atoms. The van der Waals surface area contributed by atoms with Crippen molar-refractivity contribution in [2.75, 3.05) is 24.6 Å². The number of carbonyl (C=O) groups excluding carboxylic acids is 1. The third-order valence-electron chi connectivity index (χ3n) is 3.19. The molecule has 2 aliphatic rings. The van der Waals surface area contributed by atoms with E-state index in [1.54, 1.807) is 0 Å². The Labute approximate surface area is 84.1 Å². The molecular weight excluding hydrogens is 182 g/mol. The van der Waals surface area contributed by atoms with Crippen LogP contribution in [0.1, 0.15) is 19.3 Å². The summed E-state index contributed by atoms with van der Waals surface area (Å²) in [4.78, 5) is 13.1. The Morgan fingerprint density at radius 2 is 2.00 bits per heavy atom. The molecule has 1 atom stereocenters. The minimum Gasteiger partial charge on any atom is -0.303 e. The number of aldehydes is 1. The molecule has 2 rings (SSSR count). The fourth-order valence-corrected chi connectivity index (χ4v) is 3.49. The van der Waals surface area contributed by atoms with Gasteiger partial charge in [-0.3, -0.25) is 4.90 Å². The molecule has 2 fully saturated rings. The van der Waals surface area contributed by atoms with Crippen LogP contribution in [0.2, 0.25) is 0 Å². The van der Waals surface area contributed by atoms with E-state index < -0.39 is 0 Å². The molecule has 3 heteroatoms. The molecule has 0 N–H and O–H groups in total. The number of likely N-dealkylation sites (tertiary alicyclic amines) is 1. The molecule has 0 aromatic rings. The molecule has 2 saturated heterocycles. The highest BCUT2D eigenvalue weighted by Gasteiger charge is 2.26. The molecule has 0 aromatic carbocycles. The third-order valence-corrected chi connectivity index (χ3v) is 4.33. The maximum absolute atomic E-state index is 10.6. The third kappa shape index (κ3) is 2.26. The quantitative estimate of drug-likeness (QED) is 0.627. The summed E-state index contributed by atoms with van der Waals surface area (Å²) in [5.74, 6) is 3.00. The highest BCUT2D eigenvalue weighted by Crippen LogP contribution is 2.26. The first-order chi connectivity index (χ1) is 6.40. The zero-order chi connectivity index (χ0) is 9.10. The average Bonchev–Trinajstić information content (AvgIpc) is 2.71. The van der Waals surface area contributed by atoms with Crippen LogP contribution in [0.3, 0.4) is 0 Å². The van der Waals surface area contributed by atoms with Gasteiger partial charge in [0.15, 0.2) is 0 Å². The zero-order valence-electron chi connectivity index (χ0n) is 7.95. The zero-order valence-corrected chi connectivity index (χ0v) is 8.76. The van der Waals surface area contributed by atoms with Gasteiger partial charge in [0, 0.05) is 17.7 Å². The summed E-state index contributed by atoms with van der Waals surface area (Å²) in [5, 5.41) is 0. The average molecular weight is 199 g/mol. The molecule has 0 amide bonds. The van der Waals surface area contributed by atoms with E-state index >= 15 is 0 Å². The van der Waals surface area contributed by atoms with Crippen LogP contribution in [0.5, 0.6) is 0 Å². The second-order valence-corrected chi connectivity index (χ2v) is 5.18. The van der Waals surface area contributed by atoms with E-state index in [2.05, 4.69) is 16.7 Å². The van der Waals surface area contributed by atoms with Crippen molar-refractivity contribution in [1.82, 2.24) is 4.90 Å². The number of hydrogen-bond acceptors (Lipinski definition) is 3. The molecule has 0 saturated carbocycles. The predicted molar refractivity (Wildman–Crippen MR) is 56.1 cm³/mol. The first-order valence-electron chi connectivity index (χ1n) is 5.17. The van der Waals surface area contributed by atoms with Crippen molar-refractivity contribution in [3.8, 4) is 0 Å². The van der Waals surface area contributed by atoms with E-state index in [1.165, 1.54) is 17.9 Å². The van der Waals surface area contributed by atoms with E-state index in [4.69, 9.17) is 0 Å². The van der Waals surface area contributed by atoms with E-state index in [0.29, 0.717) is 5.92 Å². The Bertz CT molecular complexity index is 172. The van der Waals surface area contributed by atoms with Gasteiger partial charge in [0.25, 0.3) is 0 Å². The Morgan fingerprint density at radius 1 is 1.23 bits per heavy atom. The number of carbonyl (C=O) groups is 1. The fraction of sp³-hybridized carbons (Fsp3) is 0.900. The van der Waals surface area contributed by atoms with Crippen LogP contribution in [0, 0.1) is 5.92 Å². The largest absolute Gasteiger partial charge is 0.303 e. The Morgan fingerprint density at radius 3 is 2.54 bits per heavy atom. The highest BCUT2D eigenvalue weighted by molar-refractivity contribution is 7.99. The number of nitrogens with zero attached hydrogens (tertiary/aromatic N) is 1. The molecule has 0 spiro atoms. The highest BCUT2D eigenvalue weighted by atomic mass is 32.2. The summed E-state index contributed by atoms with van der Waals surface area (Å²) in [7, 11) is 0. The van der Waals surface area contributed by atoms with Gasteiger partial charge in [-0.2, -0.15) is 11.8 Å². The number of thioether (sulfide) groups is 1. The number of hydrogen-bond donors (Lipinski definition) is 0. The molecule has 2 aliphatic heterocycles. The van der Waals surface area contributed by atoms with E-state index in [1.807, 2.05) is 0 Å². The lowest BCUT2D eigenvalue weighted by Gasteiger charge is -2.33. The smallest absolute Gasteiger partial charge is 0.123 e. The normalized spacial score (nSPS) is 32.2. The van der Waals surface area contributed by atoms with Crippen molar-refractivity contribution in [2.45, 2.75) is 25.3 Å². The molecule has 74 valence electrons. The maximum Gasteiger partial charge on any atom is 0.123 e. The lowest BCUT2D eigenvalue weighted by molar-refractivity contribution is -0.112. The van der Waals surface area contributed by atoms with Crippen molar-refractivity contribution < 1.29 is 4.79 Å². The molecular formula is C10H17NOS. The van der Waals surface area contributed by atoms with Crippen LogP contribution >= 0.6 is 11.8 Å². The Kier molecular flexibility index (Phi) is 3.28. The van der Waals surface area contributed by atoms with Crippen molar-refractivity contribution in [3.05, 3.63) is 0 Å². The SMILES string of the molecule is O=CC1CCN(C2CCSC2)CC1. The van der Waals surface area contributed by atoms with E-state index in [9.17, 15) is 4.79 Å². The number of rotatable bonds is 2. The standard InChI is InChI=1S/C10H17NOS/c12-7-9-1-4-11(5-2-9)10-3-6-13-8-10/h7,9-10H,1-6,8H2. The molecule has 2 heterocycles. The fourth-order valence-electron chi connectivity index (χ4n) is 2.23. The lowest BCUT2D eigenvalue weighted by atomic mass is 9.97. The maximum atomic E-state index is 10.6. The Balaban J connectivity index is 1.79. The Hall–Kier alpha value is -0.0200. The van der Waals surface area contributed by atoms with Crippen molar-refractivity contribution in [3.63, 3.8) is 0 Å². The van der Waals surface area contributed by atoms with Gasteiger partial charge >= 0.3 is 0 Å². The lowest BCUT2D eigenvalue weighted by Crippen LogP contribution is -2.41. The summed E-state index contributed by atoms with van der Waals surface area (Å²) < 4.78 is 0. The van der Waals surface area contributed by atoms with Crippen molar-refractivity contribution >= 4 is 18.0 Å². The summed E-state index contributed by atoms with van der Waals surface area (Å²) in [5.41, 5.74) is 0. The molecule has 1 unspecified atom stereocenters. The van der Waals surface area contributed by atoms with E-state index in [-0.39, 0.29) is 0 Å². The van der Waals surface area contributed by atoms with Crippen LogP contribution in [0.25, 0.3) is 0 Å². The predicted octanol–water partition coefficient (Wildman–Crippen LogP) is 1.40. The van der Waals surface area contributed by atoms with Gasteiger partial charge in [-0.15, -0.1) is 0 Å². The minimum absolute atomic E-state index is 0.352. The molecule has 2 nitrogen and oxygen atoms in total. The van der Waals surface area contributed by atoms with Crippen molar-refractivity contribution in [1.29, 1.82) is 0 Å². The van der Waals surface area contributed by atoms with Crippen molar-refractivity contribution in [2.24, 2.45) is 5.92 Å². The van der Waals surface area contributed by atoms with Crippen LogP contribution in [0.4, 0.5) is 0 Å². The summed E-state index contributed by atoms with van der Waals surface area (Å²) in [6.45, 7) is 2.29. The molecule has 0 aromatic heterocycles. The van der Waals surface area contributed by atoms with Gasteiger partial charge in [0.1, 0.15) is 6.29 Å². The monoisotopic (exact) mass is 199 g/mol. The molecule has 0 radical (unpaired) electrons. The number of piperidine rings is 1. The summed E-state index contributed by atoms with van der Waals surface area (Å²) in [6, 6.07) is 0.817. The molecule has 0 aliphatic carbocycles. The summed E-state index contributed by atoms with van der Waals surface area (Å²) >= 11 is 2.07.